The number of furan rings is 1. The van der Waals surface area contributed by atoms with Crippen LogP contribution in [-0.4, -0.2) is 0 Å². The first-order valence-corrected chi connectivity index (χ1v) is 7.74. The molecule has 2 heterocycles. The summed E-state index contributed by atoms with van der Waals surface area (Å²) in [6.07, 6.45) is 0. The minimum absolute atomic E-state index is 0.255. The van der Waals surface area contributed by atoms with Crippen molar-refractivity contribution in [2.24, 2.45) is 5.73 Å². The van der Waals surface area contributed by atoms with Gasteiger partial charge in [-0.3, -0.25) is 0 Å². The van der Waals surface area contributed by atoms with E-state index in [-0.39, 0.29) is 6.04 Å². The van der Waals surface area contributed by atoms with Gasteiger partial charge in [-0.15, -0.1) is 11.3 Å². The monoisotopic (exact) mass is 385 g/mol. The SMILES string of the molecule is NC(c1cc2ccccc2o1)c1cc(Br)sc1Br. The number of nitrogens with two attached hydrogens (primary N) is 1. The summed E-state index contributed by atoms with van der Waals surface area (Å²) in [4.78, 5) is 0. The molecule has 0 aliphatic rings. The van der Waals surface area contributed by atoms with Crippen LogP contribution in [0.2, 0.25) is 0 Å². The Hall–Kier alpha value is -0.620. The molecule has 1 unspecified atom stereocenters. The van der Waals surface area contributed by atoms with Crippen molar-refractivity contribution < 1.29 is 4.42 Å². The highest BCUT2D eigenvalue weighted by atomic mass is 79.9. The summed E-state index contributed by atoms with van der Waals surface area (Å²) in [5, 5.41) is 1.08. The van der Waals surface area contributed by atoms with E-state index >= 15 is 0 Å². The van der Waals surface area contributed by atoms with Crippen LogP contribution < -0.4 is 5.73 Å². The van der Waals surface area contributed by atoms with Crippen molar-refractivity contribution in [3.63, 3.8) is 0 Å². The normalized spacial score (nSPS) is 13.1. The topological polar surface area (TPSA) is 39.2 Å². The van der Waals surface area contributed by atoms with Crippen LogP contribution in [0.5, 0.6) is 0 Å². The average Bonchev–Trinajstić information content (AvgIpc) is 2.91. The fourth-order valence-electron chi connectivity index (χ4n) is 1.87. The quantitative estimate of drug-likeness (QED) is 0.667. The lowest BCUT2D eigenvalue weighted by atomic mass is 10.1. The van der Waals surface area contributed by atoms with Gasteiger partial charge in [0.25, 0.3) is 0 Å². The molecule has 0 radical (unpaired) electrons. The minimum Gasteiger partial charge on any atom is -0.459 e. The van der Waals surface area contributed by atoms with E-state index in [0.29, 0.717) is 0 Å². The van der Waals surface area contributed by atoms with E-state index in [2.05, 4.69) is 31.9 Å². The lowest BCUT2D eigenvalue weighted by Crippen LogP contribution is -2.10. The third kappa shape index (κ3) is 2.16. The summed E-state index contributed by atoms with van der Waals surface area (Å²) in [5.74, 6) is 0.780. The Labute approximate surface area is 125 Å². The van der Waals surface area contributed by atoms with E-state index in [9.17, 15) is 0 Å². The molecule has 2 N–H and O–H groups in total. The smallest absolute Gasteiger partial charge is 0.134 e. The maximum absolute atomic E-state index is 6.26. The Bertz CT molecular complexity index is 671. The van der Waals surface area contributed by atoms with Crippen molar-refractivity contribution in [3.8, 4) is 0 Å². The van der Waals surface area contributed by atoms with Crippen LogP contribution in [0.4, 0.5) is 0 Å². The number of benzene rings is 1. The maximum Gasteiger partial charge on any atom is 0.134 e. The van der Waals surface area contributed by atoms with Gasteiger partial charge in [0.05, 0.1) is 13.6 Å². The highest BCUT2D eigenvalue weighted by Gasteiger charge is 2.18. The first kappa shape index (κ1) is 12.4. The largest absolute Gasteiger partial charge is 0.459 e. The molecule has 2 nitrogen and oxygen atoms in total. The lowest BCUT2D eigenvalue weighted by Gasteiger charge is -2.06. The molecule has 18 heavy (non-hydrogen) atoms. The fourth-order valence-corrected chi connectivity index (χ4v) is 4.80. The van der Waals surface area contributed by atoms with E-state index in [4.69, 9.17) is 10.2 Å². The number of thiophene rings is 1. The molecular formula is C13H9Br2NOS. The molecular weight excluding hydrogens is 378 g/mol. The van der Waals surface area contributed by atoms with Crippen molar-refractivity contribution in [1.82, 2.24) is 0 Å². The Morgan fingerprint density at radius 3 is 2.61 bits per heavy atom. The van der Waals surface area contributed by atoms with E-state index in [0.717, 1.165) is 29.9 Å². The van der Waals surface area contributed by atoms with E-state index in [1.165, 1.54) is 0 Å². The molecule has 0 aliphatic heterocycles. The molecule has 0 aliphatic carbocycles. The van der Waals surface area contributed by atoms with E-state index in [1.54, 1.807) is 11.3 Å². The molecule has 1 aromatic carbocycles. The molecule has 0 saturated carbocycles. The number of hydrogen-bond donors (Lipinski definition) is 1. The van der Waals surface area contributed by atoms with Crippen LogP contribution in [0, 0.1) is 0 Å². The molecule has 2 aromatic heterocycles. The minimum atomic E-state index is -0.255. The standard InChI is InChI=1S/C13H9Br2NOS/c14-11-6-8(13(15)18-11)12(16)10-5-7-3-1-2-4-9(7)17-10/h1-6,12H,16H2. The molecule has 1 atom stereocenters. The first-order chi connectivity index (χ1) is 8.65. The molecule has 0 saturated heterocycles. The fraction of sp³-hybridized carbons (Fsp3) is 0.0769. The molecule has 5 heteroatoms. The summed E-state index contributed by atoms with van der Waals surface area (Å²) in [6.45, 7) is 0. The zero-order chi connectivity index (χ0) is 12.7. The van der Waals surface area contributed by atoms with Crippen LogP contribution in [-0.2, 0) is 0 Å². The molecule has 3 aromatic rings. The molecule has 0 spiro atoms. The van der Waals surface area contributed by atoms with Gasteiger partial charge in [-0.2, -0.15) is 0 Å². The second-order valence-electron chi connectivity index (χ2n) is 3.94. The van der Waals surface area contributed by atoms with Gasteiger partial charge < -0.3 is 10.2 Å². The maximum atomic E-state index is 6.26. The Morgan fingerprint density at radius 2 is 1.94 bits per heavy atom. The van der Waals surface area contributed by atoms with Gasteiger partial charge in [-0.25, -0.2) is 0 Å². The molecule has 92 valence electrons. The van der Waals surface area contributed by atoms with Gasteiger partial charge in [0, 0.05) is 10.9 Å². The van der Waals surface area contributed by atoms with Gasteiger partial charge in [0.15, 0.2) is 0 Å². The second kappa shape index (κ2) is 4.81. The van der Waals surface area contributed by atoms with Crippen molar-refractivity contribution >= 4 is 54.2 Å². The summed E-state index contributed by atoms with van der Waals surface area (Å²) >= 11 is 8.60. The Kier molecular flexibility index (Phi) is 3.32. The molecule has 0 amide bonds. The zero-order valence-corrected chi connectivity index (χ0v) is 13.2. The third-order valence-electron chi connectivity index (χ3n) is 2.77. The predicted molar refractivity (Wildman–Crippen MR) is 82.0 cm³/mol. The highest BCUT2D eigenvalue weighted by Crippen LogP contribution is 2.37. The van der Waals surface area contributed by atoms with Crippen molar-refractivity contribution in [2.45, 2.75) is 6.04 Å². The van der Waals surface area contributed by atoms with Gasteiger partial charge in [-0.1, -0.05) is 18.2 Å². The number of rotatable bonds is 2. The van der Waals surface area contributed by atoms with Crippen LogP contribution in [0.1, 0.15) is 17.4 Å². The van der Waals surface area contributed by atoms with E-state index < -0.39 is 0 Å². The summed E-state index contributed by atoms with van der Waals surface area (Å²) in [7, 11) is 0. The van der Waals surface area contributed by atoms with Crippen molar-refractivity contribution in [2.75, 3.05) is 0 Å². The average molecular weight is 387 g/mol. The highest BCUT2D eigenvalue weighted by molar-refractivity contribution is 9.12. The molecule has 0 bridgehead atoms. The second-order valence-corrected chi connectivity index (χ2v) is 7.69. The number of hydrogen-bond acceptors (Lipinski definition) is 3. The molecule has 3 rings (SSSR count). The zero-order valence-electron chi connectivity index (χ0n) is 9.19. The summed E-state index contributed by atoms with van der Waals surface area (Å²) in [5.41, 5.74) is 8.16. The predicted octanol–water partition coefficient (Wildman–Crippen LogP) is 5.07. The van der Waals surface area contributed by atoms with Crippen LogP contribution in [0.15, 0.2) is 48.4 Å². The Balaban J connectivity index is 2.06. The van der Waals surface area contributed by atoms with Gasteiger partial charge in [0.1, 0.15) is 11.3 Å². The third-order valence-corrected chi connectivity index (χ3v) is 5.15. The van der Waals surface area contributed by atoms with Crippen LogP contribution in [0.25, 0.3) is 11.0 Å². The lowest BCUT2D eigenvalue weighted by molar-refractivity contribution is 0.525. The Morgan fingerprint density at radius 1 is 1.17 bits per heavy atom. The number of fused-ring (bicyclic) bond motifs is 1. The van der Waals surface area contributed by atoms with Crippen LogP contribution in [0.3, 0.4) is 0 Å². The number of halogens is 2. The molecule has 0 fully saturated rings. The van der Waals surface area contributed by atoms with Gasteiger partial charge in [0.2, 0.25) is 0 Å². The van der Waals surface area contributed by atoms with Crippen molar-refractivity contribution in [1.29, 1.82) is 0 Å². The van der Waals surface area contributed by atoms with E-state index in [1.807, 2.05) is 36.4 Å². The van der Waals surface area contributed by atoms with Crippen LogP contribution >= 0.6 is 43.2 Å². The first-order valence-electron chi connectivity index (χ1n) is 5.34. The summed E-state index contributed by atoms with van der Waals surface area (Å²) in [6, 6.07) is 11.7. The number of para-hydroxylation sites is 1. The van der Waals surface area contributed by atoms with Gasteiger partial charge >= 0.3 is 0 Å². The van der Waals surface area contributed by atoms with Gasteiger partial charge in [-0.05, 0) is 50.1 Å². The summed E-state index contributed by atoms with van der Waals surface area (Å²) < 4.78 is 7.87. The van der Waals surface area contributed by atoms with Crippen molar-refractivity contribution in [3.05, 3.63) is 55.3 Å².